The molecule has 1 aliphatic carbocycles. The Bertz CT molecular complexity index is 455. The van der Waals surface area contributed by atoms with E-state index in [-0.39, 0.29) is 6.54 Å². The van der Waals surface area contributed by atoms with Crippen LogP contribution < -0.4 is 10.5 Å². The Kier molecular flexibility index (Phi) is 4.43. The maximum atomic E-state index is 11.3. The van der Waals surface area contributed by atoms with Gasteiger partial charge in [0.05, 0.1) is 12.5 Å². The summed E-state index contributed by atoms with van der Waals surface area (Å²) in [7, 11) is 0. The third-order valence-electron chi connectivity index (χ3n) is 3.77. The predicted octanol–water partition coefficient (Wildman–Crippen LogP) is 2.30. The van der Waals surface area contributed by atoms with Crippen LogP contribution in [0.25, 0.3) is 0 Å². The van der Waals surface area contributed by atoms with Crippen LogP contribution in [0, 0.1) is 12.8 Å². The third-order valence-corrected chi connectivity index (χ3v) is 3.77. The van der Waals surface area contributed by atoms with Crippen molar-refractivity contribution in [3.63, 3.8) is 0 Å². The number of carboxylic acids is 1. The first-order chi connectivity index (χ1) is 9.11. The number of nitrogens with two attached hydrogens (primary N) is 1. The average molecular weight is 263 g/mol. The summed E-state index contributed by atoms with van der Waals surface area (Å²) < 4.78 is 5.81. The van der Waals surface area contributed by atoms with Gasteiger partial charge in [0.15, 0.2) is 0 Å². The van der Waals surface area contributed by atoms with Crippen LogP contribution in [0.3, 0.4) is 0 Å². The summed E-state index contributed by atoms with van der Waals surface area (Å²) in [5.74, 6) is -0.316. The summed E-state index contributed by atoms with van der Waals surface area (Å²) in [6.45, 7) is 2.69. The van der Waals surface area contributed by atoms with Crippen molar-refractivity contribution in [1.82, 2.24) is 0 Å². The Morgan fingerprint density at radius 3 is 2.79 bits per heavy atom. The Morgan fingerprint density at radius 1 is 1.53 bits per heavy atom. The number of hydrogen-bond acceptors (Lipinski definition) is 3. The van der Waals surface area contributed by atoms with E-state index in [1.54, 1.807) is 0 Å². The Labute approximate surface area is 113 Å². The Morgan fingerprint density at radius 2 is 2.26 bits per heavy atom. The summed E-state index contributed by atoms with van der Waals surface area (Å²) in [4.78, 5) is 11.3. The summed E-state index contributed by atoms with van der Waals surface area (Å²) in [5, 5.41) is 9.24. The molecule has 0 aromatic heterocycles. The van der Waals surface area contributed by atoms with Crippen LogP contribution in [-0.4, -0.2) is 24.2 Å². The molecule has 0 bridgehead atoms. The second kappa shape index (κ2) is 6.06. The van der Waals surface area contributed by atoms with Gasteiger partial charge in [0, 0.05) is 12.1 Å². The molecule has 3 N–H and O–H groups in total. The Hall–Kier alpha value is -1.55. The summed E-state index contributed by atoms with van der Waals surface area (Å²) in [6, 6.07) is 5.66. The third kappa shape index (κ3) is 3.26. The zero-order valence-corrected chi connectivity index (χ0v) is 11.3. The van der Waals surface area contributed by atoms with Crippen molar-refractivity contribution in [3.8, 4) is 5.75 Å². The minimum Gasteiger partial charge on any atom is -0.493 e. The van der Waals surface area contributed by atoms with E-state index in [4.69, 9.17) is 10.5 Å². The van der Waals surface area contributed by atoms with Crippen LogP contribution in [0.5, 0.6) is 5.75 Å². The highest BCUT2D eigenvalue weighted by molar-refractivity contribution is 5.77. The van der Waals surface area contributed by atoms with Crippen LogP contribution in [0.1, 0.15) is 36.3 Å². The van der Waals surface area contributed by atoms with Crippen LogP contribution in [0.15, 0.2) is 18.2 Å². The maximum absolute atomic E-state index is 11.3. The first kappa shape index (κ1) is 13.9. The SMILES string of the molecule is Cc1ccc(OCC2CCC2)c(C(CN)C(=O)O)c1. The molecule has 0 amide bonds. The van der Waals surface area contributed by atoms with Crippen molar-refractivity contribution < 1.29 is 14.6 Å². The van der Waals surface area contributed by atoms with Gasteiger partial charge in [0.2, 0.25) is 0 Å². The Balaban J connectivity index is 2.18. The van der Waals surface area contributed by atoms with Crippen molar-refractivity contribution in [2.45, 2.75) is 32.1 Å². The lowest BCUT2D eigenvalue weighted by molar-refractivity contribution is -0.138. The molecule has 0 radical (unpaired) electrons. The van der Waals surface area contributed by atoms with Gasteiger partial charge in [0.25, 0.3) is 0 Å². The fourth-order valence-corrected chi connectivity index (χ4v) is 2.30. The van der Waals surface area contributed by atoms with Crippen molar-refractivity contribution in [3.05, 3.63) is 29.3 Å². The molecule has 1 fully saturated rings. The minimum atomic E-state index is -0.901. The van der Waals surface area contributed by atoms with Crippen molar-refractivity contribution in [1.29, 1.82) is 0 Å². The quantitative estimate of drug-likeness (QED) is 0.826. The van der Waals surface area contributed by atoms with Gasteiger partial charge >= 0.3 is 5.97 Å². The number of aryl methyl sites for hydroxylation is 1. The molecule has 0 spiro atoms. The lowest BCUT2D eigenvalue weighted by Gasteiger charge is -2.26. The molecule has 1 aliphatic rings. The number of benzene rings is 1. The van der Waals surface area contributed by atoms with E-state index in [1.165, 1.54) is 19.3 Å². The monoisotopic (exact) mass is 263 g/mol. The number of aliphatic carboxylic acids is 1. The van der Waals surface area contributed by atoms with Crippen LogP contribution >= 0.6 is 0 Å². The maximum Gasteiger partial charge on any atom is 0.312 e. The molecule has 4 heteroatoms. The molecule has 1 atom stereocenters. The van der Waals surface area contributed by atoms with E-state index in [0.717, 1.165) is 5.56 Å². The number of hydrogen-bond donors (Lipinski definition) is 2. The molecule has 0 saturated heterocycles. The molecule has 1 aromatic carbocycles. The second-order valence-corrected chi connectivity index (χ2v) is 5.28. The van der Waals surface area contributed by atoms with E-state index in [1.807, 2.05) is 25.1 Å². The number of carboxylic acid groups (broad SMARTS) is 1. The van der Waals surface area contributed by atoms with Crippen molar-refractivity contribution >= 4 is 5.97 Å². The summed E-state index contributed by atoms with van der Waals surface area (Å²) in [6.07, 6.45) is 3.69. The van der Waals surface area contributed by atoms with E-state index < -0.39 is 11.9 Å². The first-order valence-corrected chi connectivity index (χ1v) is 6.78. The fourth-order valence-electron chi connectivity index (χ4n) is 2.30. The molecular formula is C15H21NO3. The molecule has 1 aromatic rings. The molecule has 4 nitrogen and oxygen atoms in total. The lowest BCUT2D eigenvalue weighted by Crippen LogP contribution is -2.23. The first-order valence-electron chi connectivity index (χ1n) is 6.78. The normalized spacial score (nSPS) is 16.7. The van der Waals surface area contributed by atoms with E-state index >= 15 is 0 Å². The van der Waals surface area contributed by atoms with Gasteiger partial charge in [-0.15, -0.1) is 0 Å². The van der Waals surface area contributed by atoms with Crippen LogP contribution in [-0.2, 0) is 4.79 Å². The minimum absolute atomic E-state index is 0.0819. The highest BCUT2D eigenvalue weighted by Gasteiger charge is 2.24. The molecule has 0 aliphatic heterocycles. The smallest absolute Gasteiger partial charge is 0.312 e. The highest BCUT2D eigenvalue weighted by atomic mass is 16.5. The fraction of sp³-hybridized carbons (Fsp3) is 0.533. The standard InChI is InChI=1S/C15H21NO3/c1-10-5-6-14(19-9-11-3-2-4-11)12(7-10)13(8-16)15(17)18/h5-7,11,13H,2-4,8-9,16H2,1H3,(H,17,18). The van der Waals surface area contributed by atoms with E-state index in [9.17, 15) is 9.90 Å². The predicted molar refractivity (Wildman–Crippen MR) is 73.4 cm³/mol. The molecule has 104 valence electrons. The molecule has 19 heavy (non-hydrogen) atoms. The van der Waals surface area contributed by atoms with E-state index in [0.29, 0.717) is 23.8 Å². The largest absolute Gasteiger partial charge is 0.493 e. The zero-order valence-electron chi connectivity index (χ0n) is 11.3. The second-order valence-electron chi connectivity index (χ2n) is 5.28. The zero-order chi connectivity index (χ0) is 13.8. The van der Waals surface area contributed by atoms with E-state index in [2.05, 4.69) is 0 Å². The molecular weight excluding hydrogens is 242 g/mol. The molecule has 2 rings (SSSR count). The molecule has 1 unspecified atom stereocenters. The van der Waals surface area contributed by atoms with Gasteiger partial charge in [-0.1, -0.05) is 24.1 Å². The van der Waals surface area contributed by atoms with Gasteiger partial charge < -0.3 is 15.6 Å². The van der Waals surface area contributed by atoms with Crippen LogP contribution in [0.2, 0.25) is 0 Å². The van der Waals surface area contributed by atoms with Gasteiger partial charge in [-0.2, -0.15) is 0 Å². The summed E-state index contributed by atoms with van der Waals surface area (Å²) >= 11 is 0. The summed E-state index contributed by atoms with van der Waals surface area (Å²) in [5.41, 5.74) is 7.29. The highest BCUT2D eigenvalue weighted by Crippen LogP contribution is 2.31. The molecule has 0 heterocycles. The van der Waals surface area contributed by atoms with Gasteiger partial charge in [-0.3, -0.25) is 4.79 Å². The van der Waals surface area contributed by atoms with Crippen molar-refractivity contribution in [2.24, 2.45) is 11.7 Å². The topological polar surface area (TPSA) is 72.5 Å². The number of ether oxygens (including phenoxy) is 1. The average Bonchev–Trinajstić information content (AvgIpc) is 2.30. The van der Waals surface area contributed by atoms with Gasteiger partial charge in [0.1, 0.15) is 5.75 Å². The number of rotatable bonds is 6. The van der Waals surface area contributed by atoms with Crippen molar-refractivity contribution in [2.75, 3.05) is 13.2 Å². The molecule has 1 saturated carbocycles. The lowest BCUT2D eigenvalue weighted by atomic mass is 9.86. The van der Waals surface area contributed by atoms with Crippen LogP contribution in [0.4, 0.5) is 0 Å². The number of carbonyl (C=O) groups is 1. The van der Waals surface area contributed by atoms with Gasteiger partial charge in [-0.05, 0) is 31.7 Å². The van der Waals surface area contributed by atoms with Gasteiger partial charge in [-0.25, -0.2) is 0 Å².